The van der Waals surface area contributed by atoms with E-state index in [1.54, 1.807) is 0 Å². The number of rotatable bonds is 3. The smallest absolute Gasteiger partial charge is 0.332 e. The monoisotopic (exact) mass is 261 g/mol. The van der Waals surface area contributed by atoms with Crippen LogP contribution in [0.2, 0.25) is 0 Å². The molecular weight excluding hydrogens is 246 g/mol. The molecule has 0 spiro atoms. The summed E-state index contributed by atoms with van der Waals surface area (Å²) < 4.78 is 11.0. The molecule has 100 valence electrons. The second kappa shape index (κ2) is 4.79. The Hall–Kier alpha value is -2.24. The average Bonchev–Trinajstić information content (AvgIpc) is 3.23. The number of nitrogens with two attached hydrogens (primary N) is 1. The summed E-state index contributed by atoms with van der Waals surface area (Å²) in [6.07, 6.45) is 2.15. The largest absolute Gasteiger partial charge is 0.486 e. The third-order valence-electron chi connectivity index (χ3n) is 3.09. The van der Waals surface area contributed by atoms with Crippen molar-refractivity contribution >= 4 is 11.7 Å². The second-order valence-corrected chi connectivity index (χ2v) is 4.61. The maximum atomic E-state index is 10.8. The number of nitrogens with zero attached hydrogens (tertiary/aromatic N) is 1. The zero-order chi connectivity index (χ0) is 13.2. The fourth-order valence-corrected chi connectivity index (χ4v) is 2.07. The normalized spacial score (nSPS) is 18.0. The summed E-state index contributed by atoms with van der Waals surface area (Å²) in [7, 11) is 0. The Balaban J connectivity index is 1.89. The van der Waals surface area contributed by atoms with Gasteiger partial charge in [0.15, 0.2) is 11.5 Å². The molecule has 0 bridgehead atoms. The van der Waals surface area contributed by atoms with Crippen LogP contribution in [0.25, 0.3) is 0 Å². The van der Waals surface area contributed by atoms with Crippen molar-refractivity contribution in [2.75, 3.05) is 13.2 Å². The third-order valence-corrected chi connectivity index (χ3v) is 3.09. The number of carbonyl (C=O) groups excluding carboxylic acids is 1. The van der Waals surface area contributed by atoms with Gasteiger partial charge < -0.3 is 15.2 Å². The van der Waals surface area contributed by atoms with Gasteiger partial charge in [0.25, 0.3) is 0 Å². The summed E-state index contributed by atoms with van der Waals surface area (Å²) in [5.41, 5.74) is 9.12. The first-order chi connectivity index (χ1) is 9.24. The summed E-state index contributed by atoms with van der Waals surface area (Å²) >= 11 is 0. The number of hydrogen-bond donors (Lipinski definition) is 2. The molecule has 19 heavy (non-hydrogen) atoms. The van der Waals surface area contributed by atoms with Crippen molar-refractivity contribution in [3.05, 3.63) is 23.8 Å². The molecule has 3 N–H and O–H groups in total. The molecule has 6 nitrogen and oxygen atoms in total. The van der Waals surface area contributed by atoms with Gasteiger partial charge in [-0.1, -0.05) is 0 Å². The van der Waals surface area contributed by atoms with E-state index in [4.69, 9.17) is 15.2 Å². The van der Waals surface area contributed by atoms with Gasteiger partial charge >= 0.3 is 6.03 Å². The molecule has 0 atom stereocenters. The van der Waals surface area contributed by atoms with Crippen molar-refractivity contribution in [2.45, 2.75) is 12.8 Å². The summed E-state index contributed by atoms with van der Waals surface area (Å²) in [4.78, 5) is 10.8. The van der Waals surface area contributed by atoms with Crippen LogP contribution in [0.5, 0.6) is 11.5 Å². The molecule has 0 aromatic heterocycles. The van der Waals surface area contributed by atoms with Crippen LogP contribution < -0.4 is 20.6 Å². The van der Waals surface area contributed by atoms with Gasteiger partial charge in [0.1, 0.15) is 13.2 Å². The van der Waals surface area contributed by atoms with Gasteiger partial charge in [-0.25, -0.2) is 10.2 Å². The minimum Gasteiger partial charge on any atom is -0.486 e. The van der Waals surface area contributed by atoms with Crippen molar-refractivity contribution < 1.29 is 14.3 Å². The molecule has 0 radical (unpaired) electrons. The van der Waals surface area contributed by atoms with Gasteiger partial charge in [-0.3, -0.25) is 0 Å². The number of nitrogens with one attached hydrogen (secondary N) is 1. The molecule has 1 saturated carbocycles. The zero-order valence-electron chi connectivity index (χ0n) is 10.4. The van der Waals surface area contributed by atoms with E-state index in [-0.39, 0.29) is 0 Å². The van der Waals surface area contributed by atoms with Crippen molar-refractivity contribution in [1.82, 2.24) is 5.43 Å². The van der Waals surface area contributed by atoms with Gasteiger partial charge in [-0.2, -0.15) is 5.10 Å². The first-order valence-corrected chi connectivity index (χ1v) is 6.27. The molecule has 1 aliphatic carbocycles. The van der Waals surface area contributed by atoms with Gasteiger partial charge in [-0.05, 0) is 31.0 Å². The van der Waals surface area contributed by atoms with Crippen LogP contribution in [-0.2, 0) is 0 Å². The number of hydrogen-bond acceptors (Lipinski definition) is 4. The molecule has 1 aromatic carbocycles. The van der Waals surface area contributed by atoms with Gasteiger partial charge in [0.05, 0.1) is 5.71 Å². The van der Waals surface area contributed by atoms with Crippen LogP contribution in [0.4, 0.5) is 4.79 Å². The highest BCUT2D eigenvalue weighted by atomic mass is 16.6. The Bertz CT molecular complexity index is 538. The summed E-state index contributed by atoms with van der Waals surface area (Å²) in [6.45, 7) is 1.12. The van der Waals surface area contributed by atoms with Crippen LogP contribution >= 0.6 is 0 Å². The number of urea groups is 1. The highest BCUT2D eigenvalue weighted by molar-refractivity contribution is 6.04. The molecular formula is C13H15N3O3. The summed E-state index contributed by atoms with van der Waals surface area (Å²) in [6, 6.07) is 5.03. The van der Waals surface area contributed by atoms with E-state index in [1.807, 2.05) is 18.2 Å². The zero-order valence-corrected chi connectivity index (χ0v) is 10.4. The Kier molecular flexibility index (Phi) is 2.98. The Labute approximate surface area is 110 Å². The van der Waals surface area contributed by atoms with Crippen LogP contribution in [0.3, 0.4) is 0 Å². The summed E-state index contributed by atoms with van der Waals surface area (Å²) in [5, 5.41) is 4.10. The number of hydrazone groups is 1. The lowest BCUT2D eigenvalue weighted by Gasteiger charge is -2.19. The second-order valence-electron chi connectivity index (χ2n) is 4.61. The molecule has 2 amide bonds. The first-order valence-electron chi connectivity index (χ1n) is 6.27. The van der Waals surface area contributed by atoms with E-state index >= 15 is 0 Å². The quantitative estimate of drug-likeness (QED) is 0.634. The minimum absolute atomic E-state index is 0.384. The van der Waals surface area contributed by atoms with Gasteiger partial charge in [-0.15, -0.1) is 0 Å². The van der Waals surface area contributed by atoms with E-state index in [2.05, 4.69) is 10.5 Å². The topological polar surface area (TPSA) is 85.9 Å². The standard InChI is InChI=1S/C13H15N3O3/c14-13(17)16-15-12(8-1-2-8)9-3-4-10-11(7-9)19-6-5-18-10/h3-4,7-8H,1-2,5-6H2,(H3,14,16,17)/b15-12+. The molecule has 2 aliphatic rings. The van der Waals surface area contributed by atoms with E-state index in [9.17, 15) is 4.79 Å². The Morgan fingerprint density at radius 3 is 2.68 bits per heavy atom. The molecule has 1 aromatic rings. The molecule has 1 heterocycles. The molecule has 0 unspecified atom stereocenters. The molecule has 0 saturated heterocycles. The van der Waals surface area contributed by atoms with Crippen molar-refractivity contribution in [1.29, 1.82) is 0 Å². The summed E-state index contributed by atoms with van der Waals surface area (Å²) in [5.74, 6) is 1.85. The molecule has 1 aliphatic heterocycles. The lowest BCUT2D eigenvalue weighted by molar-refractivity contribution is 0.171. The van der Waals surface area contributed by atoms with E-state index < -0.39 is 6.03 Å². The number of benzene rings is 1. The van der Waals surface area contributed by atoms with Crippen LogP contribution in [0, 0.1) is 5.92 Å². The maximum absolute atomic E-state index is 10.8. The van der Waals surface area contributed by atoms with Crippen LogP contribution in [0.15, 0.2) is 23.3 Å². The maximum Gasteiger partial charge on any atom is 0.332 e. The van der Waals surface area contributed by atoms with E-state index in [0.717, 1.165) is 35.6 Å². The van der Waals surface area contributed by atoms with Crippen LogP contribution in [-0.4, -0.2) is 25.0 Å². The highest BCUT2D eigenvalue weighted by Gasteiger charge is 2.29. The number of primary amides is 1. The van der Waals surface area contributed by atoms with E-state index in [1.165, 1.54) is 0 Å². The predicted octanol–water partition coefficient (Wildman–Crippen LogP) is 1.24. The fraction of sp³-hybridized carbons (Fsp3) is 0.385. The number of ether oxygens (including phenoxy) is 2. The first kappa shape index (κ1) is 11.8. The van der Waals surface area contributed by atoms with Gasteiger partial charge in [0, 0.05) is 11.5 Å². The lowest BCUT2D eigenvalue weighted by Crippen LogP contribution is -2.26. The van der Waals surface area contributed by atoms with E-state index in [0.29, 0.717) is 19.1 Å². The number of fused-ring (bicyclic) bond motifs is 1. The van der Waals surface area contributed by atoms with Crippen LogP contribution in [0.1, 0.15) is 18.4 Å². The highest BCUT2D eigenvalue weighted by Crippen LogP contribution is 2.36. The minimum atomic E-state index is -0.657. The average molecular weight is 261 g/mol. The SMILES string of the molecule is NC(=O)N/N=C(/c1ccc2c(c1)OCCO2)C1CC1. The molecule has 1 fully saturated rings. The third kappa shape index (κ3) is 2.62. The fourth-order valence-electron chi connectivity index (χ4n) is 2.07. The Morgan fingerprint density at radius 2 is 2.00 bits per heavy atom. The predicted molar refractivity (Wildman–Crippen MR) is 69.4 cm³/mol. The van der Waals surface area contributed by atoms with Crippen molar-refractivity contribution in [3.8, 4) is 11.5 Å². The van der Waals surface area contributed by atoms with Gasteiger partial charge in [0.2, 0.25) is 0 Å². The lowest BCUT2D eigenvalue weighted by atomic mass is 10.1. The van der Waals surface area contributed by atoms with Crippen molar-refractivity contribution in [2.24, 2.45) is 16.8 Å². The number of amides is 2. The van der Waals surface area contributed by atoms with Crippen molar-refractivity contribution in [3.63, 3.8) is 0 Å². The molecule has 3 rings (SSSR count). The number of carbonyl (C=O) groups is 1. The molecule has 6 heteroatoms. The Morgan fingerprint density at radius 1 is 1.26 bits per heavy atom.